The fraction of sp³-hybridized carbons (Fsp3) is 0.148. The van der Waals surface area contributed by atoms with E-state index >= 15 is 0 Å². The van der Waals surface area contributed by atoms with E-state index in [0.717, 1.165) is 12.1 Å². The first-order valence-corrected chi connectivity index (χ1v) is 12.4. The van der Waals surface area contributed by atoms with E-state index in [2.05, 4.69) is 37.7 Å². The van der Waals surface area contributed by atoms with Crippen molar-refractivity contribution in [2.24, 2.45) is 4.99 Å². The minimum absolute atomic E-state index is 0.0326. The molecule has 0 aliphatic rings. The van der Waals surface area contributed by atoms with Crippen molar-refractivity contribution in [2.45, 2.75) is 20.3 Å². The summed E-state index contributed by atoms with van der Waals surface area (Å²) in [6.07, 6.45) is 0.0541. The number of carbonyl (C=O) groups excluding carboxylic acids is 1. The third-order valence-electron chi connectivity index (χ3n) is 5.84. The molecule has 4 rings (SSSR count). The van der Waals surface area contributed by atoms with Crippen LogP contribution >= 0.6 is 15.9 Å². The molecule has 0 spiro atoms. The summed E-state index contributed by atoms with van der Waals surface area (Å²) in [6.45, 7) is 5.93. The van der Waals surface area contributed by atoms with E-state index in [4.69, 9.17) is 15.2 Å². The molecule has 0 atom stereocenters. The maximum Gasteiger partial charge on any atom is 0.272 e. The highest BCUT2D eigenvalue weighted by molar-refractivity contribution is 9.10. The van der Waals surface area contributed by atoms with Gasteiger partial charge in [-0.05, 0) is 72.4 Å². The number of rotatable bonds is 10. The zero-order valence-electron chi connectivity index (χ0n) is 21.1. The topological polar surface area (TPSA) is 108 Å². The Balaban J connectivity index is 1.61. The Morgan fingerprint density at radius 3 is 2.60 bits per heavy atom. The lowest BCUT2D eigenvalue weighted by molar-refractivity contribution is 0.0816. The maximum atomic E-state index is 14.0. The van der Waals surface area contributed by atoms with Crippen LogP contribution in [0.15, 0.2) is 69.6 Å². The molecule has 0 amide bonds. The molecule has 0 aliphatic heterocycles. The van der Waals surface area contributed by atoms with Crippen molar-refractivity contribution in [1.29, 1.82) is 0 Å². The average molecular weight is 620 g/mol. The van der Waals surface area contributed by atoms with Crippen molar-refractivity contribution < 1.29 is 31.8 Å². The predicted octanol–water partition coefficient (Wildman–Crippen LogP) is 6.73. The number of aromatic nitrogens is 3. The summed E-state index contributed by atoms with van der Waals surface area (Å²) in [5, 5.41) is 4.78. The van der Waals surface area contributed by atoms with Crippen LogP contribution in [0.2, 0.25) is 0 Å². The van der Waals surface area contributed by atoms with E-state index in [0.29, 0.717) is 26.6 Å². The molecule has 0 bridgehead atoms. The van der Waals surface area contributed by atoms with E-state index in [1.807, 2.05) is 0 Å². The zero-order chi connectivity index (χ0) is 29.1. The number of alkyl halides is 2. The molecule has 40 heavy (non-hydrogen) atoms. The Hall–Kier alpha value is -4.39. The van der Waals surface area contributed by atoms with E-state index in [9.17, 15) is 22.4 Å². The van der Waals surface area contributed by atoms with Gasteiger partial charge in [0.15, 0.2) is 11.6 Å². The highest BCUT2D eigenvalue weighted by Gasteiger charge is 2.21. The smallest absolute Gasteiger partial charge is 0.272 e. The van der Waals surface area contributed by atoms with E-state index in [1.54, 1.807) is 26.0 Å². The minimum Gasteiger partial charge on any atom is -0.486 e. The molecule has 13 heteroatoms. The van der Waals surface area contributed by atoms with E-state index in [1.165, 1.54) is 29.1 Å². The Kier molecular flexibility index (Phi) is 8.43. The van der Waals surface area contributed by atoms with Crippen LogP contribution in [0, 0.1) is 11.6 Å². The maximum absolute atomic E-state index is 14.0. The van der Waals surface area contributed by atoms with Crippen LogP contribution in [-0.4, -0.2) is 40.3 Å². The van der Waals surface area contributed by atoms with Crippen LogP contribution in [0.25, 0.3) is 16.6 Å². The number of H-pyrrole nitrogens is 1. The summed E-state index contributed by atoms with van der Waals surface area (Å²) >= 11 is 3.28. The number of para-hydroxylation sites is 1. The van der Waals surface area contributed by atoms with E-state index in [-0.39, 0.29) is 28.7 Å². The summed E-state index contributed by atoms with van der Waals surface area (Å²) in [5.74, 6) is -2.84. The lowest BCUT2D eigenvalue weighted by Gasteiger charge is -2.10. The fourth-order valence-electron chi connectivity index (χ4n) is 3.71. The van der Waals surface area contributed by atoms with Gasteiger partial charge in [0, 0.05) is 22.7 Å². The first-order chi connectivity index (χ1) is 19.0. The largest absolute Gasteiger partial charge is 0.486 e. The molecule has 3 N–H and O–H groups in total. The molecule has 0 radical (unpaired) electrons. The van der Waals surface area contributed by atoms with Gasteiger partial charge in [-0.1, -0.05) is 6.07 Å². The van der Waals surface area contributed by atoms with Gasteiger partial charge in [0.05, 0.1) is 21.9 Å². The second kappa shape index (κ2) is 11.8. The molecule has 2 heterocycles. The van der Waals surface area contributed by atoms with E-state index < -0.39 is 36.2 Å². The SMILES string of the molecule is C=N/C(=C\C(C)=C(/C)n1ncc(C(=O)c2cc3cc(OCC(F)F)c(Br)cc3[nH]2)c1N)Oc1c(F)cccc1F. The van der Waals surface area contributed by atoms with Crippen molar-refractivity contribution in [3.05, 3.63) is 87.5 Å². The lowest BCUT2D eigenvalue weighted by Crippen LogP contribution is -2.08. The molecule has 0 fully saturated rings. The highest BCUT2D eigenvalue weighted by Crippen LogP contribution is 2.32. The summed E-state index contributed by atoms with van der Waals surface area (Å²) < 4.78 is 65.2. The van der Waals surface area contributed by atoms with Crippen molar-refractivity contribution in [3.63, 3.8) is 0 Å². The van der Waals surface area contributed by atoms with Gasteiger partial charge in [-0.15, -0.1) is 0 Å². The van der Waals surface area contributed by atoms with Crippen LogP contribution in [0.4, 0.5) is 23.4 Å². The van der Waals surface area contributed by atoms with Gasteiger partial charge in [-0.3, -0.25) is 4.79 Å². The normalized spacial score (nSPS) is 12.6. The van der Waals surface area contributed by atoms with Crippen LogP contribution in [-0.2, 0) is 0 Å². The van der Waals surface area contributed by atoms with Gasteiger partial charge in [0.1, 0.15) is 18.2 Å². The Morgan fingerprint density at radius 1 is 1.25 bits per heavy atom. The number of ether oxygens (including phenoxy) is 2. The fourth-order valence-corrected chi connectivity index (χ4v) is 4.17. The number of allylic oxidation sites excluding steroid dienone is 3. The van der Waals surface area contributed by atoms with Crippen molar-refractivity contribution in [3.8, 4) is 11.5 Å². The number of nitrogen functional groups attached to an aromatic ring is 1. The lowest BCUT2D eigenvalue weighted by atomic mass is 10.1. The van der Waals surface area contributed by atoms with Gasteiger partial charge in [0.25, 0.3) is 6.43 Å². The quantitative estimate of drug-likeness (QED) is 0.0672. The number of aromatic amines is 1. The van der Waals surface area contributed by atoms with Crippen LogP contribution in [0.1, 0.15) is 29.9 Å². The Labute approximate surface area is 233 Å². The van der Waals surface area contributed by atoms with Crippen LogP contribution in [0.3, 0.4) is 0 Å². The molecule has 0 saturated heterocycles. The Bertz CT molecular complexity index is 1660. The summed E-state index contributed by atoms with van der Waals surface area (Å²) in [6, 6.07) is 7.99. The standard InChI is InChI=1S/C27H22BrF4N5O3/c1-13(7-24(34-3)40-26-18(29)5-4-6-19(26)30)14(2)37-27(33)16(11-35-37)25(38)21-8-15-9-22(39-12-23(31)32)17(28)10-20(15)36-21/h4-11,23,36H,3,12,33H2,1-2H3/b14-13+,24-7+. The molecular formula is C27H22BrF4N5O3. The molecular weight excluding hydrogens is 598 g/mol. The molecule has 0 unspecified atom stereocenters. The second-order valence-electron chi connectivity index (χ2n) is 8.50. The third-order valence-corrected chi connectivity index (χ3v) is 6.46. The number of hydrogen-bond donors (Lipinski definition) is 2. The van der Waals surface area contributed by atoms with Gasteiger partial charge in [0.2, 0.25) is 17.4 Å². The number of hydrogen-bond acceptors (Lipinski definition) is 6. The number of nitrogens with two attached hydrogens (primary N) is 1. The number of nitrogens with zero attached hydrogens (tertiary/aromatic N) is 3. The average Bonchev–Trinajstić information content (AvgIpc) is 3.50. The third kappa shape index (κ3) is 5.93. The van der Waals surface area contributed by atoms with Gasteiger partial charge < -0.3 is 20.2 Å². The molecule has 4 aromatic rings. The molecule has 2 aromatic heterocycles. The number of nitrogens with one attached hydrogen (secondary N) is 1. The number of fused-ring (bicyclic) bond motifs is 1. The van der Waals surface area contributed by atoms with Gasteiger partial charge in [-0.2, -0.15) is 5.10 Å². The number of halogens is 5. The first kappa shape index (κ1) is 28.6. The molecule has 0 saturated carbocycles. The molecule has 2 aromatic carbocycles. The number of ketones is 1. The number of carbonyl (C=O) groups is 1. The monoisotopic (exact) mass is 619 g/mol. The van der Waals surface area contributed by atoms with Crippen molar-refractivity contribution in [1.82, 2.24) is 14.8 Å². The number of aliphatic imine (C=N–C) groups is 1. The van der Waals surface area contributed by atoms with Gasteiger partial charge >= 0.3 is 0 Å². The molecule has 8 nitrogen and oxygen atoms in total. The first-order valence-electron chi connectivity index (χ1n) is 11.6. The van der Waals surface area contributed by atoms with Crippen molar-refractivity contribution >= 4 is 50.8 Å². The summed E-state index contributed by atoms with van der Waals surface area (Å²) in [5.41, 5.74) is 8.09. The number of anilines is 1. The second-order valence-corrected chi connectivity index (χ2v) is 9.36. The molecule has 208 valence electrons. The van der Waals surface area contributed by atoms with Crippen LogP contribution < -0.4 is 15.2 Å². The highest BCUT2D eigenvalue weighted by atomic mass is 79.9. The zero-order valence-corrected chi connectivity index (χ0v) is 22.7. The number of benzene rings is 2. The molecule has 0 aliphatic carbocycles. The van der Waals surface area contributed by atoms with Gasteiger partial charge in [-0.25, -0.2) is 27.2 Å². The van der Waals surface area contributed by atoms with Crippen LogP contribution in [0.5, 0.6) is 11.5 Å². The summed E-state index contributed by atoms with van der Waals surface area (Å²) in [4.78, 5) is 19.9. The van der Waals surface area contributed by atoms with Crippen molar-refractivity contribution in [2.75, 3.05) is 12.3 Å². The summed E-state index contributed by atoms with van der Waals surface area (Å²) in [7, 11) is 0. The minimum atomic E-state index is -2.64. The Morgan fingerprint density at radius 2 is 1.95 bits per heavy atom. The predicted molar refractivity (Wildman–Crippen MR) is 147 cm³/mol.